The van der Waals surface area contributed by atoms with Gasteiger partial charge in [0.15, 0.2) is 0 Å². The van der Waals surface area contributed by atoms with Crippen LogP contribution >= 0.6 is 0 Å². The van der Waals surface area contributed by atoms with Crippen molar-refractivity contribution < 1.29 is 9.53 Å². The number of carbonyl (C=O) groups excluding carboxylic acids is 1. The summed E-state index contributed by atoms with van der Waals surface area (Å²) >= 11 is 0. The third-order valence-electron chi connectivity index (χ3n) is 3.79. The molecule has 0 saturated heterocycles. The molecule has 0 heterocycles. The lowest BCUT2D eigenvalue weighted by molar-refractivity contribution is -0.146. The van der Waals surface area contributed by atoms with Crippen molar-refractivity contribution in [2.75, 3.05) is 26.7 Å². The number of ether oxygens (including phenoxy) is 1. The molecule has 0 bridgehead atoms. The Morgan fingerprint density at radius 1 is 1.37 bits per heavy atom. The number of methoxy groups -OCH3 is 1. The molecule has 4 heteroatoms. The molecule has 0 rings (SSSR count). The van der Waals surface area contributed by atoms with Crippen LogP contribution in [0.1, 0.15) is 53.4 Å². The number of nitrogens with zero attached hydrogens (tertiary/aromatic N) is 1. The van der Waals surface area contributed by atoms with Crippen LogP contribution in [-0.4, -0.2) is 43.2 Å². The van der Waals surface area contributed by atoms with Crippen LogP contribution in [0.3, 0.4) is 0 Å². The summed E-state index contributed by atoms with van der Waals surface area (Å²) in [6.07, 6.45) is 3.94. The van der Waals surface area contributed by atoms with E-state index >= 15 is 0 Å². The summed E-state index contributed by atoms with van der Waals surface area (Å²) in [4.78, 5) is 13.9. The minimum Gasteiger partial charge on any atom is -0.468 e. The molecule has 2 N–H and O–H groups in total. The summed E-state index contributed by atoms with van der Waals surface area (Å²) in [7, 11) is 1.39. The van der Waals surface area contributed by atoms with E-state index in [1.165, 1.54) is 13.5 Å². The fraction of sp³-hybridized carbons (Fsp3) is 0.933. The molecule has 0 aromatic heterocycles. The molecule has 0 radical (unpaired) electrons. The molecule has 19 heavy (non-hydrogen) atoms. The van der Waals surface area contributed by atoms with E-state index in [1.54, 1.807) is 6.92 Å². The van der Waals surface area contributed by atoms with Crippen molar-refractivity contribution in [3.63, 3.8) is 0 Å². The van der Waals surface area contributed by atoms with Gasteiger partial charge in [-0.2, -0.15) is 0 Å². The van der Waals surface area contributed by atoms with Crippen molar-refractivity contribution >= 4 is 5.97 Å². The molecule has 0 saturated carbocycles. The van der Waals surface area contributed by atoms with Gasteiger partial charge in [0, 0.05) is 6.54 Å². The molecule has 0 aromatic rings. The zero-order chi connectivity index (χ0) is 14.9. The van der Waals surface area contributed by atoms with E-state index in [2.05, 4.69) is 25.7 Å². The molecule has 4 nitrogen and oxygen atoms in total. The van der Waals surface area contributed by atoms with Gasteiger partial charge in [0.25, 0.3) is 0 Å². The Balaban J connectivity index is 3.92. The van der Waals surface area contributed by atoms with Gasteiger partial charge in [-0.1, -0.05) is 27.2 Å². The van der Waals surface area contributed by atoms with E-state index in [-0.39, 0.29) is 5.97 Å². The Morgan fingerprint density at radius 3 is 2.47 bits per heavy atom. The van der Waals surface area contributed by atoms with Crippen molar-refractivity contribution in [2.24, 2.45) is 11.7 Å². The summed E-state index contributed by atoms with van der Waals surface area (Å²) in [5.74, 6) is 0.425. The van der Waals surface area contributed by atoms with Gasteiger partial charge in [0.05, 0.1) is 7.11 Å². The van der Waals surface area contributed by atoms with Gasteiger partial charge in [-0.3, -0.25) is 4.79 Å². The second-order valence-electron chi connectivity index (χ2n) is 5.77. The number of nitrogens with two attached hydrogens (primary N) is 1. The van der Waals surface area contributed by atoms with E-state index in [9.17, 15) is 4.79 Å². The third kappa shape index (κ3) is 7.53. The molecule has 0 fully saturated rings. The first-order valence-corrected chi connectivity index (χ1v) is 7.47. The smallest absolute Gasteiger partial charge is 0.325 e. The summed E-state index contributed by atoms with van der Waals surface area (Å²) in [6.45, 7) is 11.8. The number of hydrogen-bond donors (Lipinski definition) is 1. The average Bonchev–Trinajstić information content (AvgIpc) is 2.40. The predicted octanol–water partition coefficient (Wildman–Crippen LogP) is 2.42. The first-order valence-electron chi connectivity index (χ1n) is 7.47. The van der Waals surface area contributed by atoms with Crippen LogP contribution in [0.4, 0.5) is 0 Å². The highest BCUT2D eigenvalue weighted by Gasteiger charge is 2.28. The van der Waals surface area contributed by atoms with Crippen LogP contribution < -0.4 is 5.73 Å². The number of unbranched alkanes of at least 4 members (excludes halogenated alkanes) is 1. The van der Waals surface area contributed by atoms with Crippen molar-refractivity contribution in [2.45, 2.75) is 58.9 Å². The monoisotopic (exact) mass is 272 g/mol. The Morgan fingerprint density at radius 2 is 2.00 bits per heavy atom. The van der Waals surface area contributed by atoms with Crippen LogP contribution in [0.5, 0.6) is 0 Å². The van der Waals surface area contributed by atoms with Gasteiger partial charge < -0.3 is 15.4 Å². The second kappa shape index (κ2) is 9.32. The van der Waals surface area contributed by atoms with E-state index in [4.69, 9.17) is 10.5 Å². The summed E-state index contributed by atoms with van der Waals surface area (Å²) in [5, 5.41) is 0. The summed E-state index contributed by atoms with van der Waals surface area (Å²) in [6, 6.07) is 0. The minimum atomic E-state index is -0.845. The molecule has 2 unspecified atom stereocenters. The Labute approximate surface area is 118 Å². The molecular formula is C15H32N2O2. The average molecular weight is 272 g/mol. The van der Waals surface area contributed by atoms with Crippen molar-refractivity contribution in [1.29, 1.82) is 0 Å². The highest BCUT2D eigenvalue weighted by atomic mass is 16.5. The highest BCUT2D eigenvalue weighted by molar-refractivity contribution is 5.79. The predicted molar refractivity (Wildman–Crippen MR) is 80.0 cm³/mol. The standard InChI is InChI=1S/C15H32N2O2/c1-6-13(3)12-17(7-2)11-9-8-10-15(4,16)14(18)19-5/h13H,6-12,16H2,1-5H3. The Hall–Kier alpha value is -0.610. The number of esters is 1. The first-order chi connectivity index (χ1) is 8.87. The van der Waals surface area contributed by atoms with Crippen LogP contribution in [0.15, 0.2) is 0 Å². The van der Waals surface area contributed by atoms with E-state index < -0.39 is 5.54 Å². The maximum Gasteiger partial charge on any atom is 0.325 e. The Kier molecular flexibility index (Phi) is 9.02. The summed E-state index contributed by atoms with van der Waals surface area (Å²) in [5.41, 5.74) is 5.09. The zero-order valence-electron chi connectivity index (χ0n) is 13.4. The van der Waals surface area contributed by atoms with E-state index in [1.807, 2.05) is 0 Å². The lowest BCUT2D eigenvalue weighted by Crippen LogP contribution is -2.45. The molecule has 0 spiro atoms. The van der Waals surface area contributed by atoms with Gasteiger partial charge in [-0.05, 0) is 45.2 Å². The lowest BCUT2D eigenvalue weighted by Gasteiger charge is -2.25. The number of carbonyl (C=O) groups is 1. The van der Waals surface area contributed by atoms with Crippen molar-refractivity contribution in [3.8, 4) is 0 Å². The molecule has 0 aromatic carbocycles. The fourth-order valence-corrected chi connectivity index (χ4v) is 2.11. The number of hydrogen-bond acceptors (Lipinski definition) is 4. The van der Waals surface area contributed by atoms with Gasteiger partial charge in [-0.25, -0.2) is 0 Å². The molecular weight excluding hydrogens is 240 g/mol. The molecule has 0 aliphatic heterocycles. The fourth-order valence-electron chi connectivity index (χ4n) is 2.11. The molecule has 2 atom stereocenters. The second-order valence-corrected chi connectivity index (χ2v) is 5.77. The number of rotatable bonds is 10. The largest absolute Gasteiger partial charge is 0.468 e. The zero-order valence-corrected chi connectivity index (χ0v) is 13.4. The maximum atomic E-state index is 11.4. The normalized spacial score (nSPS) is 16.2. The van der Waals surface area contributed by atoms with Crippen molar-refractivity contribution in [1.82, 2.24) is 4.90 Å². The van der Waals surface area contributed by atoms with Crippen LogP contribution in [-0.2, 0) is 9.53 Å². The van der Waals surface area contributed by atoms with E-state index in [0.29, 0.717) is 6.42 Å². The first kappa shape index (κ1) is 18.4. The van der Waals surface area contributed by atoms with Gasteiger partial charge in [0.1, 0.15) is 5.54 Å². The SMILES string of the molecule is CCC(C)CN(CC)CCCCC(C)(N)C(=O)OC. The van der Waals surface area contributed by atoms with Gasteiger partial charge in [-0.15, -0.1) is 0 Å². The molecule has 0 aliphatic carbocycles. The molecule has 114 valence electrons. The lowest BCUT2D eigenvalue weighted by atomic mass is 9.96. The highest BCUT2D eigenvalue weighted by Crippen LogP contribution is 2.13. The van der Waals surface area contributed by atoms with Gasteiger partial charge >= 0.3 is 5.97 Å². The van der Waals surface area contributed by atoms with Crippen LogP contribution in [0.25, 0.3) is 0 Å². The van der Waals surface area contributed by atoms with Gasteiger partial charge in [0.2, 0.25) is 0 Å². The topological polar surface area (TPSA) is 55.6 Å². The Bertz CT molecular complexity index is 255. The summed E-state index contributed by atoms with van der Waals surface area (Å²) < 4.78 is 4.71. The third-order valence-corrected chi connectivity index (χ3v) is 3.79. The van der Waals surface area contributed by atoms with E-state index in [0.717, 1.165) is 38.4 Å². The van der Waals surface area contributed by atoms with Crippen molar-refractivity contribution in [3.05, 3.63) is 0 Å². The molecule has 0 amide bonds. The van der Waals surface area contributed by atoms with Crippen LogP contribution in [0, 0.1) is 5.92 Å². The molecule has 0 aliphatic rings. The quantitative estimate of drug-likeness (QED) is 0.490. The maximum absolute atomic E-state index is 11.4. The minimum absolute atomic E-state index is 0.320. The van der Waals surface area contributed by atoms with Crippen LogP contribution in [0.2, 0.25) is 0 Å².